The van der Waals surface area contributed by atoms with Gasteiger partial charge in [0.2, 0.25) is 0 Å². The van der Waals surface area contributed by atoms with Crippen LogP contribution in [0.2, 0.25) is 0 Å². The van der Waals surface area contributed by atoms with E-state index in [4.69, 9.17) is 0 Å². The monoisotopic (exact) mass is 155 g/mol. The van der Waals surface area contributed by atoms with Gasteiger partial charge < -0.3 is 5.32 Å². The van der Waals surface area contributed by atoms with Gasteiger partial charge in [-0.25, -0.2) is 0 Å². The van der Waals surface area contributed by atoms with Crippen LogP contribution in [0.15, 0.2) is 12.7 Å². The summed E-state index contributed by atoms with van der Waals surface area (Å²) < 4.78 is 0. The second-order valence-corrected chi connectivity index (χ2v) is 4.05. The maximum Gasteiger partial charge on any atom is 0.0224 e. The average molecular weight is 155 g/mol. The van der Waals surface area contributed by atoms with Crippen LogP contribution in [-0.4, -0.2) is 11.6 Å². The van der Waals surface area contributed by atoms with Gasteiger partial charge in [-0.15, -0.1) is 6.58 Å². The SMILES string of the molecule is C=CC(C)NC(C)(C)C(C)C. The van der Waals surface area contributed by atoms with Crippen molar-refractivity contribution >= 4 is 0 Å². The topological polar surface area (TPSA) is 12.0 Å². The lowest BCUT2D eigenvalue weighted by molar-refractivity contribution is 0.276. The van der Waals surface area contributed by atoms with Gasteiger partial charge in [0.05, 0.1) is 0 Å². The quantitative estimate of drug-likeness (QED) is 0.615. The van der Waals surface area contributed by atoms with Crippen LogP contribution in [0.3, 0.4) is 0 Å². The van der Waals surface area contributed by atoms with Crippen LogP contribution in [0.4, 0.5) is 0 Å². The van der Waals surface area contributed by atoms with Crippen molar-refractivity contribution in [1.29, 1.82) is 0 Å². The summed E-state index contributed by atoms with van der Waals surface area (Å²) in [5, 5.41) is 3.49. The highest BCUT2D eigenvalue weighted by molar-refractivity contribution is 4.90. The summed E-state index contributed by atoms with van der Waals surface area (Å²) in [5.41, 5.74) is 0.202. The van der Waals surface area contributed by atoms with E-state index in [1.165, 1.54) is 0 Å². The number of hydrogen-bond donors (Lipinski definition) is 1. The van der Waals surface area contributed by atoms with Gasteiger partial charge in [-0.05, 0) is 26.7 Å². The molecule has 0 aliphatic carbocycles. The Labute approximate surface area is 70.9 Å². The molecule has 11 heavy (non-hydrogen) atoms. The van der Waals surface area contributed by atoms with Crippen molar-refractivity contribution in [3.8, 4) is 0 Å². The molecule has 0 amide bonds. The van der Waals surface area contributed by atoms with Gasteiger partial charge in [-0.2, -0.15) is 0 Å². The summed E-state index contributed by atoms with van der Waals surface area (Å²) in [6.07, 6.45) is 1.93. The predicted molar refractivity (Wildman–Crippen MR) is 51.7 cm³/mol. The Balaban J connectivity index is 4.00. The minimum Gasteiger partial charge on any atom is -0.306 e. The van der Waals surface area contributed by atoms with Crippen molar-refractivity contribution in [2.45, 2.75) is 46.2 Å². The molecule has 1 nitrogen and oxygen atoms in total. The molecule has 0 aromatic carbocycles. The highest BCUT2D eigenvalue weighted by atomic mass is 15.0. The molecule has 0 spiro atoms. The Kier molecular flexibility index (Phi) is 3.81. The Morgan fingerprint density at radius 1 is 1.27 bits per heavy atom. The second-order valence-electron chi connectivity index (χ2n) is 4.05. The molecule has 0 aromatic rings. The summed E-state index contributed by atoms with van der Waals surface area (Å²) in [7, 11) is 0. The third kappa shape index (κ3) is 3.57. The van der Waals surface area contributed by atoms with Gasteiger partial charge in [-0.1, -0.05) is 19.9 Å². The Morgan fingerprint density at radius 2 is 1.73 bits per heavy atom. The van der Waals surface area contributed by atoms with Crippen LogP contribution in [0, 0.1) is 5.92 Å². The fourth-order valence-corrected chi connectivity index (χ4v) is 0.812. The standard InChI is InChI=1S/C10H21N/c1-7-9(4)11-10(5,6)8(2)3/h7-9,11H,1H2,2-6H3. The Hall–Kier alpha value is -0.300. The summed E-state index contributed by atoms with van der Waals surface area (Å²) in [5.74, 6) is 0.643. The lowest BCUT2D eigenvalue weighted by atomic mass is 9.90. The molecule has 0 saturated heterocycles. The third-order valence-corrected chi connectivity index (χ3v) is 2.40. The highest BCUT2D eigenvalue weighted by Gasteiger charge is 2.22. The van der Waals surface area contributed by atoms with E-state index in [9.17, 15) is 0 Å². The molecule has 0 bridgehead atoms. The predicted octanol–water partition coefficient (Wildman–Crippen LogP) is 2.59. The fourth-order valence-electron chi connectivity index (χ4n) is 0.812. The van der Waals surface area contributed by atoms with E-state index in [2.05, 4.69) is 46.5 Å². The highest BCUT2D eigenvalue weighted by Crippen LogP contribution is 2.15. The third-order valence-electron chi connectivity index (χ3n) is 2.40. The molecule has 0 rings (SSSR count). The van der Waals surface area contributed by atoms with E-state index in [0.717, 1.165) is 0 Å². The van der Waals surface area contributed by atoms with Crippen LogP contribution in [-0.2, 0) is 0 Å². The molecule has 1 unspecified atom stereocenters. The van der Waals surface area contributed by atoms with Crippen molar-refractivity contribution in [2.24, 2.45) is 5.92 Å². The molecule has 0 aromatic heterocycles. The van der Waals surface area contributed by atoms with Gasteiger partial charge in [0, 0.05) is 11.6 Å². The Bertz CT molecular complexity index is 125. The first-order valence-electron chi connectivity index (χ1n) is 4.30. The van der Waals surface area contributed by atoms with Crippen molar-refractivity contribution in [3.05, 3.63) is 12.7 Å². The first kappa shape index (κ1) is 10.7. The first-order chi connectivity index (χ1) is 4.90. The normalized spacial score (nSPS) is 15.1. The number of hydrogen-bond acceptors (Lipinski definition) is 1. The van der Waals surface area contributed by atoms with Crippen molar-refractivity contribution in [1.82, 2.24) is 5.32 Å². The maximum absolute atomic E-state index is 3.74. The molecular formula is C10H21N. The molecule has 66 valence electrons. The average Bonchev–Trinajstić information content (AvgIpc) is 1.86. The lowest BCUT2D eigenvalue weighted by Gasteiger charge is -2.33. The summed E-state index contributed by atoms with van der Waals surface area (Å²) in [6.45, 7) is 14.8. The minimum absolute atomic E-state index is 0.202. The molecule has 0 aliphatic rings. The maximum atomic E-state index is 3.74. The van der Waals surface area contributed by atoms with Crippen molar-refractivity contribution in [3.63, 3.8) is 0 Å². The molecule has 0 fully saturated rings. The summed E-state index contributed by atoms with van der Waals surface area (Å²) in [4.78, 5) is 0. The van der Waals surface area contributed by atoms with E-state index >= 15 is 0 Å². The van der Waals surface area contributed by atoms with E-state index < -0.39 is 0 Å². The fraction of sp³-hybridized carbons (Fsp3) is 0.800. The summed E-state index contributed by atoms with van der Waals surface area (Å²) in [6, 6.07) is 0.396. The van der Waals surface area contributed by atoms with Gasteiger partial charge in [0.15, 0.2) is 0 Å². The van der Waals surface area contributed by atoms with Gasteiger partial charge >= 0.3 is 0 Å². The first-order valence-corrected chi connectivity index (χ1v) is 4.30. The zero-order valence-corrected chi connectivity index (χ0v) is 8.44. The van der Waals surface area contributed by atoms with E-state index in [-0.39, 0.29) is 5.54 Å². The summed E-state index contributed by atoms with van der Waals surface area (Å²) >= 11 is 0. The Morgan fingerprint density at radius 3 is 2.00 bits per heavy atom. The van der Waals surface area contributed by atoms with E-state index in [1.807, 2.05) is 6.08 Å². The van der Waals surface area contributed by atoms with E-state index in [0.29, 0.717) is 12.0 Å². The smallest absolute Gasteiger partial charge is 0.0224 e. The van der Waals surface area contributed by atoms with Crippen molar-refractivity contribution < 1.29 is 0 Å². The minimum atomic E-state index is 0.202. The number of nitrogens with one attached hydrogen (secondary N) is 1. The van der Waals surface area contributed by atoms with Crippen LogP contribution < -0.4 is 5.32 Å². The second kappa shape index (κ2) is 3.91. The van der Waals surface area contributed by atoms with Crippen LogP contribution in [0.1, 0.15) is 34.6 Å². The van der Waals surface area contributed by atoms with Crippen LogP contribution >= 0.6 is 0 Å². The molecule has 1 atom stereocenters. The van der Waals surface area contributed by atoms with Crippen LogP contribution in [0.5, 0.6) is 0 Å². The molecule has 0 saturated carbocycles. The van der Waals surface area contributed by atoms with Crippen molar-refractivity contribution in [2.75, 3.05) is 0 Å². The van der Waals surface area contributed by atoms with Gasteiger partial charge in [0.1, 0.15) is 0 Å². The largest absolute Gasteiger partial charge is 0.306 e. The van der Waals surface area contributed by atoms with Crippen LogP contribution in [0.25, 0.3) is 0 Å². The van der Waals surface area contributed by atoms with Gasteiger partial charge in [0.25, 0.3) is 0 Å². The zero-order valence-electron chi connectivity index (χ0n) is 8.44. The molecule has 0 radical (unpaired) electrons. The molecule has 1 heteroatoms. The zero-order chi connectivity index (χ0) is 9.07. The van der Waals surface area contributed by atoms with E-state index in [1.54, 1.807) is 0 Å². The molecule has 0 aliphatic heterocycles. The molecule has 0 heterocycles. The molecule has 1 N–H and O–H groups in total. The number of rotatable bonds is 4. The van der Waals surface area contributed by atoms with Gasteiger partial charge in [-0.3, -0.25) is 0 Å². The lowest BCUT2D eigenvalue weighted by Crippen LogP contribution is -2.47. The molecular weight excluding hydrogens is 134 g/mol.